The number of hydrogen-bond acceptors (Lipinski definition) is 4. The van der Waals surface area contributed by atoms with Gasteiger partial charge in [-0.2, -0.15) is 5.10 Å². The molecular weight excluding hydrogens is 328 g/mol. The van der Waals surface area contributed by atoms with E-state index in [-0.39, 0.29) is 11.9 Å². The first kappa shape index (κ1) is 16.3. The van der Waals surface area contributed by atoms with Crippen molar-refractivity contribution in [3.05, 3.63) is 72.3 Å². The number of ether oxygens (including phenoxy) is 1. The Balaban J connectivity index is 1.46. The summed E-state index contributed by atoms with van der Waals surface area (Å²) in [5.74, 6) is 0.804. The van der Waals surface area contributed by atoms with Gasteiger partial charge in [0, 0.05) is 13.5 Å². The van der Waals surface area contributed by atoms with Crippen LogP contribution in [-0.4, -0.2) is 38.7 Å². The van der Waals surface area contributed by atoms with Crippen LogP contribution in [0.3, 0.4) is 0 Å². The predicted octanol–water partition coefficient (Wildman–Crippen LogP) is 2.79. The number of aromatic nitrogens is 3. The van der Waals surface area contributed by atoms with Gasteiger partial charge in [-0.1, -0.05) is 30.3 Å². The minimum Gasteiger partial charge on any atom is -0.480 e. The zero-order valence-corrected chi connectivity index (χ0v) is 14.7. The number of fused-ring (bicyclic) bond motifs is 1. The molecule has 0 N–H and O–H groups in total. The van der Waals surface area contributed by atoms with E-state index in [1.54, 1.807) is 15.9 Å². The van der Waals surface area contributed by atoms with Crippen LogP contribution in [0.4, 0.5) is 0 Å². The van der Waals surface area contributed by atoms with Gasteiger partial charge in [0.2, 0.25) is 0 Å². The summed E-state index contributed by atoms with van der Waals surface area (Å²) in [6, 6.07) is 15.7. The Labute approximate surface area is 152 Å². The molecule has 132 valence electrons. The van der Waals surface area contributed by atoms with Crippen molar-refractivity contribution in [2.75, 3.05) is 7.05 Å². The fourth-order valence-electron chi connectivity index (χ4n) is 3.21. The van der Waals surface area contributed by atoms with Gasteiger partial charge >= 0.3 is 0 Å². The minimum absolute atomic E-state index is 0.00551. The van der Waals surface area contributed by atoms with E-state index in [2.05, 4.69) is 10.1 Å². The van der Waals surface area contributed by atoms with Gasteiger partial charge in [-0.05, 0) is 36.2 Å². The van der Waals surface area contributed by atoms with E-state index in [9.17, 15) is 4.79 Å². The van der Waals surface area contributed by atoms with Gasteiger partial charge in [-0.3, -0.25) is 4.79 Å². The summed E-state index contributed by atoms with van der Waals surface area (Å²) in [6.07, 6.45) is 3.33. The lowest BCUT2D eigenvalue weighted by Gasteiger charge is -2.27. The highest BCUT2D eigenvalue weighted by molar-refractivity contribution is 5.82. The summed E-state index contributed by atoms with van der Waals surface area (Å²) in [7, 11) is 1.82. The smallest absolute Gasteiger partial charge is 0.264 e. The average Bonchev–Trinajstić information content (AvgIpc) is 3.36. The zero-order valence-electron chi connectivity index (χ0n) is 14.7. The van der Waals surface area contributed by atoms with Gasteiger partial charge in [-0.15, -0.1) is 0 Å². The molecule has 2 aromatic carbocycles. The highest BCUT2D eigenvalue weighted by Gasteiger charge is 2.32. The topological polar surface area (TPSA) is 60.2 Å². The third kappa shape index (κ3) is 2.94. The number of para-hydroxylation sites is 1. The second-order valence-corrected chi connectivity index (χ2v) is 6.48. The van der Waals surface area contributed by atoms with Crippen molar-refractivity contribution in [1.29, 1.82) is 0 Å². The molecule has 2 unspecified atom stereocenters. The van der Waals surface area contributed by atoms with E-state index < -0.39 is 6.10 Å². The second-order valence-electron chi connectivity index (χ2n) is 6.48. The molecule has 1 aliphatic heterocycles. The maximum Gasteiger partial charge on any atom is 0.264 e. The van der Waals surface area contributed by atoms with Crippen molar-refractivity contribution in [1.82, 2.24) is 19.7 Å². The van der Waals surface area contributed by atoms with Crippen LogP contribution >= 0.6 is 0 Å². The molecule has 3 aromatic rings. The van der Waals surface area contributed by atoms with Crippen LogP contribution in [0.2, 0.25) is 0 Å². The maximum atomic E-state index is 12.9. The average molecular weight is 348 g/mol. The Hall–Kier alpha value is -3.15. The number of carbonyl (C=O) groups is 1. The predicted molar refractivity (Wildman–Crippen MR) is 97.1 cm³/mol. The monoisotopic (exact) mass is 348 g/mol. The Kier molecular flexibility index (Phi) is 4.16. The van der Waals surface area contributed by atoms with E-state index in [1.165, 1.54) is 6.33 Å². The lowest BCUT2D eigenvalue weighted by Crippen LogP contribution is -2.40. The molecule has 0 spiro atoms. The van der Waals surface area contributed by atoms with Crippen molar-refractivity contribution >= 4 is 5.91 Å². The van der Waals surface area contributed by atoms with Gasteiger partial charge in [0.1, 0.15) is 18.4 Å². The van der Waals surface area contributed by atoms with Crippen molar-refractivity contribution in [2.45, 2.75) is 25.5 Å². The number of rotatable bonds is 4. The quantitative estimate of drug-likeness (QED) is 0.727. The third-order valence-corrected chi connectivity index (χ3v) is 4.91. The first-order valence-corrected chi connectivity index (χ1v) is 8.59. The van der Waals surface area contributed by atoms with Gasteiger partial charge in [0.25, 0.3) is 5.91 Å². The number of amides is 1. The van der Waals surface area contributed by atoms with Crippen molar-refractivity contribution in [3.8, 4) is 11.4 Å². The molecule has 2 atom stereocenters. The molecule has 0 bridgehead atoms. The Morgan fingerprint density at radius 2 is 2.00 bits per heavy atom. The Morgan fingerprint density at radius 3 is 2.69 bits per heavy atom. The summed E-state index contributed by atoms with van der Waals surface area (Å²) >= 11 is 0. The van der Waals surface area contributed by atoms with Crippen LogP contribution in [0.5, 0.6) is 5.75 Å². The Morgan fingerprint density at radius 1 is 1.23 bits per heavy atom. The number of hydrogen-bond donors (Lipinski definition) is 0. The Bertz CT molecular complexity index is 881. The third-order valence-electron chi connectivity index (χ3n) is 4.91. The number of nitrogens with zero attached hydrogens (tertiary/aromatic N) is 4. The molecule has 1 amide bonds. The molecule has 0 fully saturated rings. The minimum atomic E-state index is -0.450. The van der Waals surface area contributed by atoms with E-state index in [0.717, 1.165) is 22.6 Å². The van der Waals surface area contributed by atoms with E-state index in [1.807, 2.05) is 62.5 Å². The summed E-state index contributed by atoms with van der Waals surface area (Å²) < 4.78 is 7.54. The standard InChI is InChI=1S/C20H20N4O2/c1-14(15-7-9-17(10-8-15)24-13-21-12-22-24)23(2)20(25)19-11-16-5-3-4-6-18(16)26-19/h3-10,12-14,19H,11H2,1-2H3. The van der Waals surface area contributed by atoms with Gasteiger partial charge < -0.3 is 9.64 Å². The fraction of sp³-hybridized carbons (Fsp3) is 0.250. The van der Waals surface area contributed by atoms with Gasteiger partial charge in [0.15, 0.2) is 6.10 Å². The number of benzene rings is 2. The van der Waals surface area contributed by atoms with Gasteiger partial charge in [0.05, 0.1) is 11.7 Å². The van der Waals surface area contributed by atoms with E-state index in [4.69, 9.17) is 4.74 Å². The molecule has 1 aromatic heterocycles. The molecule has 4 rings (SSSR count). The molecule has 6 nitrogen and oxygen atoms in total. The molecule has 1 aliphatic rings. The molecule has 0 aliphatic carbocycles. The largest absolute Gasteiger partial charge is 0.480 e. The van der Waals surface area contributed by atoms with Crippen LogP contribution in [0.1, 0.15) is 24.1 Å². The van der Waals surface area contributed by atoms with Crippen molar-refractivity contribution in [3.63, 3.8) is 0 Å². The van der Waals surface area contributed by atoms with Crippen molar-refractivity contribution < 1.29 is 9.53 Å². The lowest BCUT2D eigenvalue weighted by atomic mass is 10.0. The van der Waals surface area contributed by atoms with E-state index in [0.29, 0.717) is 6.42 Å². The molecule has 6 heteroatoms. The summed E-state index contributed by atoms with van der Waals surface area (Å²) in [6.45, 7) is 2.02. The lowest BCUT2D eigenvalue weighted by molar-refractivity contribution is -0.138. The summed E-state index contributed by atoms with van der Waals surface area (Å²) in [5.41, 5.74) is 3.08. The van der Waals surface area contributed by atoms with Crippen molar-refractivity contribution in [2.24, 2.45) is 0 Å². The van der Waals surface area contributed by atoms with Crippen LogP contribution in [0.15, 0.2) is 61.2 Å². The first-order chi connectivity index (χ1) is 12.6. The second kappa shape index (κ2) is 6.63. The maximum absolute atomic E-state index is 12.9. The molecule has 0 saturated heterocycles. The van der Waals surface area contributed by atoms with Crippen LogP contribution in [-0.2, 0) is 11.2 Å². The summed E-state index contributed by atoms with van der Waals surface area (Å²) in [4.78, 5) is 18.6. The van der Waals surface area contributed by atoms with Gasteiger partial charge in [-0.25, -0.2) is 9.67 Å². The normalized spacial score (nSPS) is 16.6. The number of likely N-dealkylation sites (N-methyl/N-ethyl adjacent to an activating group) is 1. The molecule has 26 heavy (non-hydrogen) atoms. The van der Waals surface area contributed by atoms with Crippen LogP contribution in [0.25, 0.3) is 5.69 Å². The zero-order chi connectivity index (χ0) is 18.1. The number of carbonyl (C=O) groups excluding carboxylic acids is 1. The molecule has 0 radical (unpaired) electrons. The first-order valence-electron chi connectivity index (χ1n) is 8.59. The van der Waals surface area contributed by atoms with E-state index >= 15 is 0 Å². The SMILES string of the molecule is CC(c1ccc(-n2cncn2)cc1)N(C)C(=O)C1Cc2ccccc2O1. The highest BCUT2D eigenvalue weighted by Crippen LogP contribution is 2.30. The van der Waals surface area contributed by atoms with Crippen LogP contribution < -0.4 is 4.74 Å². The fourth-order valence-corrected chi connectivity index (χ4v) is 3.21. The summed E-state index contributed by atoms with van der Waals surface area (Å²) in [5, 5.41) is 4.12. The molecule has 0 saturated carbocycles. The van der Waals surface area contributed by atoms with Crippen LogP contribution in [0, 0.1) is 0 Å². The molecule has 2 heterocycles. The molecular formula is C20H20N4O2. The highest BCUT2D eigenvalue weighted by atomic mass is 16.5.